The molecule has 0 radical (unpaired) electrons. The number of rotatable bonds is 2. The molecule has 1 aromatic rings. The summed E-state index contributed by atoms with van der Waals surface area (Å²) in [5.74, 6) is -0.908. The number of hydrogen-bond donors (Lipinski definition) is 2. The first-order chi connectivity index (χ1) is 6.35. The van der Waals surface area contributed by atoms with Gasteiger partial charge in [-0.15, -0.1) is 0 Å². The van der Waals surface area contributed by atoms with Crippen LogP contribution in [0.2, 0.25) is 0 Å². The summed E-state index contributed by atoms with van der Waals surface area (Å²) >= 11 is 0. The highest BCUT2D eigenvalue weighted by Crippen LogP contribution is 2.31. The number of hydrogen-bond acceptors (Lipinski definition) is 2. The second kappa shape index (κ2) is 3.33. The summed E-state index contributed by atoms with van der Waals surface area (Å²) in [6.07, 6.45) is 0. The Morgan fingerprint density at radius 1 is 1.36 bits per heavy atom. The van der Waals surface area contributed by atoms with Gasteiger partial charge in [0.2, 0.25) is 0 Å². The zero-order chi connectivity index (χ0) is 10.9. The van der Waals surface area contributed by atoms with Crippen molar-refractivity contribution < 1.29 is 15.0 Å². The molecular weight excluding hydrogens is 180 g/mol. The molecule has 0 saturated heterocycles. The van der Waals surface area contributed by atoms with Crippen LogP contribution in [0.15, 0.2) is 18.2 Å². The Bertz CT molecular complexity index is 367. The molecule has 0 unspecified atom stereocenters. The molecule has 76 valence electrons. The minimum absolute atomic E-state index is 0.0393. The molecule has 0 fully saturated rings. The molecule has 0 bridgehead atoms. The lowest BCUT2D eigenvalue weighted by Gasteiger charge is -2.20. The fraction of sp³-hybridized carbons (Fsp3) is 0.364. The Kier molecular flexibility index (Phi) is 2.51. The molecule has 1 aromatic carbocycles. The van der Waals surface area contributed by atoms with Crippen molar-refractivity contribution in [3.8, 4) is 5.75 Å². The van der Waals surface area contributed by atoms with E-state index in [1.54, 1.807) is 32.0 Å². The molecule has 1 rings (SSSR count). The van der Waals surface area contributed by atoms with Crippen LogP contribution in [0.4, 0.5) is 0 Å². The predicted molar refractivity (Wildman–Crippen MR) is 53.5 cm³/mol. The molecule has 14 heavy (non-hydrogen) atoms. The van der Waals surface area contributed by atoms with Crippen molar-refractivity contribution in [2.75, 3.05) is 0 Å². The van der Waals surface area contributed by atoms with Crippen molar-refractivity contribution in [2.45, 2.75) is 26.2 Å². The number of phenols is 1. The Hall–Kier alpha value is -1.51. The molecular formula is C11H14O3. The Balaban J connectivity index is 3.26. The quantitative estimate of drug-likeness (QED) is 0.757. The van der Waals surface area contributed by atoms with Crippen LogP contribution in [-0.2, 0) is 10.2 Å². The van der Waals surface area contributed by atoms with Gasteiger partial charge in [-0.3, -0.25) is 4.79 Å². The number of carboxylic acid groups (broad SMARTS) is 1. The first-order valence-electron chi connectivity index (χ1n) is 4.39. The highest BCUT2D eigenvalue weighted by atomic mass is 16.4. The maximum Gasteiger partial charge on any atom is 0.313 e. The number of aromatic hydroxyl groups is 1. The number of benzene rings is 1. The van der Waals surface area contributed by atoms with E-state index in [0.29, 0.717) is 5.56 Å². The van der Waals surface area contributed by atoms with Gasteiger partial charge in [0.25, 0.3) is 0 Å². The maximum atomic E-state index is 10.9. The number of aryl methyl sites for hydroxylation is 1. The van der Waals surface area contributed by atoms with Gasteiger partial charge in [0.1, 0.15) is 5.75 Å². The third-order valence-corrected chi connectivity index (χ3v) is 2.36. The van der Waals surface area contributed by atoms with Gasteiger partial charge >= 0.3 is 5.97 Å². The van der Waals surface area contributed by atoms with Crippen LogP contribution >= 0.6 is 0 Å². The molecule has 3 nitrogen and oxygen atoms in total. The van der Waals surface area contributed by atoms with Crippen LogP contribution in [-0.4, -0.2) is 16.2 Å². The summed E-state index contributed by atoms with van der Waals surface area (Å²) in [4.78, 5) is 10.9. The topological polar surface area (TPSA) is 57.5 Å². The molecule has 0 aliphatic carbocycles. The van der Waals surface area contributed by atoms with Gasteiger partial charge in [-0.2, -0.15) is 0 Å². The molecule has 2 N–H and O–H groups in total. The van der Waals surface area contributed by atoms with E-state index in [9.17, 15) is 9.90 Å². The number of phenolic OH excluding ortho intramolecular Hbond substituents is 1. The van der Waals surface area contributed by atoms with Crippen LogP contribution in [0.1, 0.15) is 25.0 Å². The fourth-order valence-corrected chi connectivity index (χ4v) is 1.29. The first-order valence-corrected chi connectivity index (χ1v) is 4.39. The lowest BCUT2D eigenvalue weighted by molar-refractivity contribution is -0.142. The zero-order valence-electron chi connectivity index (χ0n) is 8.53. The number of carbonyl (C=O) groups is 1. The third kappa shape index (κ3) is 1.71. The Morgan fingerprint density at radius 2 is 1.93 bits per heavy atom. The van der Waals surface area contributed by atoms with Crippen LogP contribution < -0.4 is 0 Å². The smallest absolute Gasteiger partial charge is 0.313 e. The first kappa shape index (κ1) is 10.6. The van der Waals surface area contributed by atoms with Gasteiger partial charge in [0.05, 0.1) is 5.41 Å². The largest absolute Gasteiger partial charge is 0.508 e. The van der Waals surface area contributed by atoms with Crippen LogP contribution in [0.25, 0.3) is 0 Å². The van der Waals surface area contributed by atoms with E-state index >= 15 is 0 Å². The highest BCUT2D eigenvalue weighted by Gasteiger charge is 2.31. The number of carboxylic acids is 1. The van der Waals surface area contributed by atoms with Crippen molar-refractivity contribution in [1.82, 2.24) is 0 Å². The van der Waals surface area contributed by atoms with Gasteiger partial charge in [-0.1, -0.05) is 12.1 Å². The summed E-state index contributed by atoms with van der Waals surface area (Å²) in [5.41, 5.74) is 0.292. The number of aliphatic carboxylic acids is 1. The average molecular weight is 194 g/mol. The van der Waals surface area contributed by atoms with Crippen molar-refractivity contribution >= 4 is 5.97 Å². The normalized spacial score (nSPS) is 11.4. The van der Waals surface area contributed by atoms with Crippen molar-refractivity contribution in [3.63, 3.8) is 0 Å². The summed E-state index contributed by atoms with van der Waals surface area (Å²) in [5, 5.41) is 18.6. The molecule has 0 aromatic heterocycles. The highest BCUT2D eigenvalue weighted by molar-refractivity contribution is 5.81. The maximum absolute atomic E-state index is 10.9. The SMILES string of the molecule is Cc1ccc(C(C)(C)C(=O)O)c(O)c1. The van der Waals surface area contributed by atoms with E-state index in [-0.39, 0.29) is 5.75 Å². The van der Waals surface area contributed by atoms with E-state index in [1.165, 1.54) is 0 Å². The second-order valence-electron chi connectivity index (χ2n) is 3.95. The van der Waals surface area contributed by atoms with Crippen molar-refractivity contribution in [1.29, 1.82) is 0 Å². The lowest BCUT2D eigenvalue weighted by Crippen LogP contribution is -2.28. The summed E-state index contributed by atoms with van der Waals surface area (Å²) in [6.45, 7) is 4.98. The van der Waals surface area contributed by atoms with E-state index in [4.69, 9.17) is 5.11 Å². The van der Waals surface area contributed by atoms with E-state index in [2.05, 4.69) is 0 Å². The Morgan fingerprint density at radius 3 is 2.36 bits per heavy atom. The molecule has 3 heteroatoms. The average Bonchev–Trinajstić information content (AvgIpc) is 2.02. The summed E-state index contributed by atoms with van der Waals surface area (Å²) in [7, 11) is 0. The second-order valence-corrected chi connectivity index (χ2v) is 3.95. The van der Waals surface area contributed by atoms with Crippen LogP contribution in [0.5, 0.6) is 5.75 Å². The fourth-order valence-electron chi connectivity index (χ4n) is 1.29. The minimum Gasteiger partial charge on any atom is -0.508 e. The minimum atomic E-state index is -1.06. The van der Waals surface area contributed by atoms with Gasteiger partial charge in [-0.25, -0.2) is 0 Å². The van der Waals surface area contributed by atoms with Crippen molar-refractivity contribution in [3.05, 3.63) is 29.3 Å². The van der Waals surface area contributed by atoms with E-state index < -0.39 is 11.4 Å². The Labute approximate surface area is 83.0 Å². The molecule has 0 atom stereocenters. The lowest BCUT2D eigenvalue weighted by atomic mass is 9.84. The van der Waals surface area contributed by atoms with Crippen LogP contribution in [0.3, 0.4) is 0 Å². The molecule has 0 amide bonds. The van der Waals surface area contributed by atoms with Gasteiger partial charge in [0, 0.05) is 5.56 Å². The van der Waals surface area contributed by atoms with Gasteiger partial charge in [-0.05, 0) is 32.4 Å². The van der Waals surface area contributed by atoms with E-state index in [1.807, 2.05) is 6.92 Å². The monoisotopic (exact) mass is 194 g/mol. The van der Waals surface area contributed by atoms with Crippen LogP contribution in [0, 0.1) is 6.92 Å². The predicted octanol–water partition coefficient (Wildman–Crippen LogP) is 2.06. The summed E-state index contributed by atoms with van der Waals surface area (Å²) in [6, 6.07) is 5.01. The standard InChI is InChI=1S/C11H14O3/c1-7-4-5-8(9(12)6-7)11(2,3)10(13)14/h4-6,12H,1-3H3,(H,13,14). The molecule has 0 heterocycles. The molecule has 0 saturated carbocycles. The molecule has 0 aliphatic rings. The zero-order valence-corrected chi connectivity index (χ0v) is 8.53. The van der Waals surface area contributed by atoms with Gasteiger partial charge < -0.3 is 10.2 Å². The van der Waals surface area contributed by atoms with Crippen molar-refractivity contribution in [2.24, 2.45) is 0 Å². The third-order valence-electron chi connectivity index (χ3n) is 2.36. The molecule has 0 spiro atoms. The van der Waals surface area contributed by atoms with E-state index in [0.717, 1.165) is 5.56 Å². The molecule has 0 aliphatic heterocycles. The summed E-state index contributed by atoms with van der Waals surface area (Å²) < 4.78 is 0. The van der Waals surface area contributed by atoms with Gasteiger partial charge in [0.15, 0.2) is 0 Å².